The van der Waals surface area contributed by atoms with Crippen molar-refractivity contribution in [2.45, 2.75) is 0 Å². The summed E-state index contributed by atoms with van der Waals surface area (Å²) >= 11 is 0. The smallest absolute Gasteiger partial charge is 0.164 e. The summed E-state index contributed by atoms with van der Waals surface area (Å²) in [7, 11) is 0. The van der Waals surface area contributed by atoms with Gasteiger partial charge in [0.1, 0.15) is 0 Å². The molecule has 0 aliphatic heterocycles. The van der Waals surface area contributed by atoms with Gasteiger partial charge >= 0.3 is 0 Å². The lowest BCUT2D eigenvalue weighted by Crippen LogP contribution is -2.00. The SMILES string of the molecule is N#Cc1cccc(-c2nc(-c3ccccc3)nc(-c3ccc(-n4c5ccccc5c5ccccc54)cc3)n2)c1. The van der Waals surface area contributed by atoms with Crippen LogP contribution in [-0.4, -0.2) is 19.5 Å². The van der Waals surface area contributed by atoms with Crippen LogP contribution in [-0.2, 0) is 0 Å². The largest absolute Gasteiger partial charge is 0.309 e. The summed E-state index contributed by atoms with van der Waals surface area (Å²) in [5, 5.41) is 11.9. The maximum Gasteiger partial charge on any atom is 0.164 e. The second-order valence-electron chi connectivity index (χ2n) is 9.28. The van der Waals surface area contributed by atoms with Gasteiger partial charge in [-0.2, -0.15) is 5.26 Å². The molecule has 0 saturated heterocycles. The maximum atomic E-state index is 9.41. The van der Waals surface area contributed by atoms with E-state index in [1.807, 2.05) is 42.5 Å². The minimum atomic E-state index is 0.530. The Kier molecular flexibility index (Phi) is 5.42. The number of nitriles is 1. The highest BCUT2D eigenvalue weighted by Crippen LogP contribution is 2.32. The fourth-order valence-corrected chi connectivity index (χ4v) is 5.04. The lowest BCUT2D eigenvalue weighted by Gasteiger charge is -2.11. The number of fused-ring (bicyclic) bond motifs is 3. The number of hydrogen-bond acceptors (Lipinski definition) is 4. The van der Waals surface area contributed by atoms with E-state index >= 15 is 0 Å². The predicted molar refractivity (Wildman–Crippen MR) is 155 cm³/mol. The number of aromatic nitrogens is 4. The Bertz CT molecular complexity index is 1960. The van der Waals surface area contributed by atoms with Gasteiger partial charge in [-0.05, 0) is 48.5 Å². The molecule has 0 bridgehead atoms. The Morgan fingerprint density at radius 2 is 1.00 bits per heavy atom. The third kappa shape index (κ3) is 4.01. The van der Waals surface area contributed by atoms with Crippen LogP contribution in [0.25, 0.3) is 61.7 Å². The Labute approximate surface area is 225 Å². The molecular formula is C34H21N5. The van der Waals surface area contributed by atoms with Crippen LogP contribution in [0.1, 0.15) is 5.56 Å². The average molecular weight is 500 g/mol. The van der Waals surface area contributed by atoms with Crippen LogP contribution >= 0.6 is 0 Å². The molecule has 0 unspecified atom stereocenters. The van der Waals surface area contributed by atoms with Crippen molar-refractivity contribution in [1.82, 2.24) is 19.5 Å². The van der Waals surface area contributed by atoms with Gasteiger partial charge in [-0.3, -0.25) is 0 Å². The third-order valence-electron chi connectivity index (χ3n) is 6.88. The number of benzene rings is 5. The zero-order valence-corrected chi connectivity index (χ0v) is 20.9. The van der Waals surface area contributed by atoms with Crippen molar-refractivity contribution < 1.29 is 0 Å². The maximum absolute atomic E-state index is 9.41. The van der Waals surface area contributed by atoms with Crippen LogP contribution < -0.4 is 0 Å². The van der Waals surface area contributed by atoms with Crippen molar-refractivity contribution in [3.05, 3.63) is 133 Å². The highest BCUT2D eigenvalue weighted by Gasteiger charge is 2.14. The molecule has 0 spiro atoms. The third-order valence-corrected chi connectivity index (χ3v) is 6.88. The van der Waals surface area contributed by atoms with E-state index in [0.29, 0.717) is 23.0 Å². The van der Waals surface area contributed by atoms with Crippen molar-refractivity contribution in [3.8, 4) is 45.9 Å². The normalized spacial score (nSPS) is 11.1. The van der Waals surface area contributed by atoms with Gasteiger partial charge in [-0.15, -0.1) is 0 Å². The van der Waals surface area contributed by atoms with Crippen LogP contribution in [0, 0.1) is 11.3 Å². The summed E-state index contributed by atoms with van der Waals surface area (Å²) in [4.78, 5) is 14.4. The van der Waals surface area contributed by atoms with Gasteiger partial charge < -0.3 is 4.57 Å². The molecule has 5 nitrogen and oxygen atoms in total. The van der Waals surface area contributed by atoms with Crippen LogP contribution in [0.2, 0.25) is 0 Å². The van der Waals surface area contributed by atoms with Crippen molar-refractivity contribution in [1.29, 1.82) is 5.26 Å². The first-order chi connectivity index (χ1) is 19.3. The lowest BCUT2D eigenvalue weighted by atomic mass is 10.1. The van der Waals surface area contributed by atoms with Crippen molar-refractivity contribution >= 4 is 21.8 Å². The van der Waals surface area contributed by atoms with Gasteiger partial charge in [-0.25, -0.2) is 15.0 Å². The van der Waals surface area contributed by atoms with E-state index in [-0.39, 0.29) is 0 Å². The van der Waals surface area contributed by atoms with Gasteiger partial charge in [0.2, 0.25) is 0 Å². The Morgan fingerprint density at radius 1 is 0.487 bits per heavy atom. The van der Waals surface area contributed by atoms with E-state index in [0.717, 1.165) is 33.4 Å². The molecule has 0 aliphatic carbocycles. The summed E-state index contributed by atoms with van der Waals surface area (Å²) in [6.45, 7) is 0. The number of para-hydroxylation sites is 2. The first-order valence-electron chi connectivity index (χ1n) is 12.7. The highest BCUT2D eigenvalue weighted by molar-refractivity contribution is 6.09. The highest BCUT2D eigenvalue weighted by atomic mass is 15.0. The zero-order valence-electron chi connectivity index (χ0n) is 20.9. The monoisotopic (exact) mass is 499 g/mol. The second kappa shape index (κ2) is 9.37. The van der Waals surface area contributed by atoms with Crippen LogP contribution in [0.4, 0.5) is 0 Å². The second-order valence-corrected chi connectivity index (χ2v) is 9.28. The Balaban J connectivity index is 1.37. The first kappa shape index (κ1) is 22.6. The van der Waals surface area contributed by atoms with Crippen LogP contribution in [0.5, 0.6) is 0 Å². The topological polar surface area (TPSA) is 67.4 Å². The van der Waals surface area contributed by atoms with Crippen molar-refractivity contribution in [3.63, 3.8) is 0 Å². The fraction of sp³-hybridized carbons (Fsp3) is 0. The first-order valence-corrected chi connectivity index (χ1v) is 12.7. The minimum absolute atomic E-state index is 0.530. The molecule has 5 heteroatoms. The number of nitrogens with zero attached hydrogens (tertiary/aromatic N) is 5. The van der Waals surface area contributed by atoms with Gasteiger partial charge in [-0.1, -0.05) is 78.9 Å². The molecule has 0 amide bonds. The molecule has 5 aromatic carbocycles. The molecular weight excluding hydrogens is 478 g/mol. The van der Waals surface area contributed by atoms with E-state index < -0.39 is 0 Å². The van der Waals surface area contributed by atoms with E-state index in [1.165, 1.54) is 10.8 Å². The molecule has 39 heavy (non-hydrogen) atoms. The molecule has 182 valence electrons. The lowest BCUT2D eigenvalue weighted by molar-refractivity contribution is 1.07. The molecule has 7 aromatic rings. The van der Waals surface area contributed by atoms with Crippen molar-refractivity contribution in [2.75, 3.05) is 0 Å². The molecule has 0 N–H and O–H groups in total. The van der Waals surface area contributed by atoms with Gasteiger partial charge in [0.15, 0.2) is 17.5 Å². The molecule has 0 saturated carbocycles. The van der Waals surface area contributed by atoms with Crippen molar-refractivity contribution in [2.24, 2.45) is 0 Å². The summed E-state index contributed by atoms with van der Waals surface area (Å²) < 4.78 is 2.29. The Morgan fingerprint density at radius 3 is 1.62 bits per heavy atom. The van der Waals surface area contributed by atoms with Gasteiger partial charge in [0.05, 0.1) is 22.7 Å². The molecule has 0 atom stereocenters. The van der Waals surface area contributed by atoms with E-state index in [4.69, 9.17) is 15.0 Å². The van der Waals surface area contributed by atoms with E-state index in [1.54, 1.807) is 12.1 Å². The van der Waals surface area contributed by atoms with Crippen LogP contribution in [0.15, 0.2) is 127 Å². The van der Waals surface area contributed by atoms with Gasteiger partial charge in [0, 0.05) is 33.2 Å². The molecule has 0 aliphatic rings. The van der Waals surface area contributed by atoms with Gasteiger partial charge in [0.25, 0.3) is 0 Å². The van der Waals surface area contributed by atoms with Crippen LogP contribution in [0.3, 0.4) is 0 Å². The fourth-order valence-electron chi connectivity index (χ4n) is 5.04. The standard InChI is InChI=1S/C34H21N5/c35-22-23-9-8-12-26(21-23)34-37-32(24-10-2-1-3-11-24)36-33(38-34)25-17-19-27(20-18-25)39-30-15-6-4-13-28(30)29-14-5-7-16-31(29)39/h1-21H. The summed E-state index contributed by atoms with van der Waals surface area (Å²) in [6.07, 6.45) is 0. The quantitative estimate of drug-likeness (QED) is 0.247. The zero-order chi connectivity index (χ0) is 26.2. The molecule has 0 radical (unpaired) electrons. The van der Waals surface area contributed by atoms with E-state index in [2.05, 4.69) is 83.4 Å². The molecule has 0 fully saturated rings. The number of hydrogen-bond donors (Lipinski definition) is 0. The molecule has 2 aromatic heterocycles. The molecule has 2 heterocycles. The average Bonchev–Trinajstić information content (AvgIpc) is 3.36. The number of rotatable bonds is 4. The summed E-state index contributed by atoms with van der Waals surface area (Å²) in [5.41, 5.74) is 6.52. The Hall–Kier alpha value is -5.60. The summed E-state index contributed by atoms with van der Waals surface area (Å²) in [6, 6.07) is 44.7. The minimum Gasteiger partial charge on any atom is -0.309 e. The molecule has 7 rings (SSSR count). The summed E-state index contributed by atoms with van der Waals surface area (Å²) in [5.74, 6) is 1.70. The predicted octanol–water partition coefficient (Wildman–Crippen LogP) is 7.84. The van der Waals surface area contributed by atoms with E-state index in [9.17, 15) is 5.26 Å².